The van der Waals surface area contributed by atoms with Gasteiger partial charge in [0.1, 0.15) is 5.75 Å². The van der Waals surface area contributed by atoms with Crippen molar-refractivity contribution in [3.05, 3.63) is 42.1 Å². The standard InChI is InChI=1S/C14H14N4O/c1-9-6-11(15)8-18-13(9)16-17-14(18)10-4-3-5-12(7-10)19-2/h3-8H,15H2,1-2H3. The first-order valence-electron chi connectivity index (χ1n) is 5.94. The van der Waals surface area contributed by atoms with Crippen molar-refractivity contribution in [1.82, 2.24) is 14.6 Å². The van der Waals surface area contributed by atoms with Crippen molar-refractivity contribution in [3.63, 3.8) is 0 Å². The maximum Gasteiger partial charge on any atom is 0.168 e. The summed E-state index contributed by atoms with van der Waals surface area (Å²) in [5.74, 6) is 1.54. The fourth-order valence-electron chi connectivity index (χ4n) is 2.14. The van der Waals surface area contributed by atoms with Gasteiger partial charge in [-0.2, -0.15) is 0 Å². The molecule has 2 N–H and O–H groups in total. The Kier molecular flexibility index (Phi) is 2.59. The molecule has 2 heterocycles. The zero-order chi connectivity index (χ0) is 13.4. The Morgan fingerprint density at radius 1 is 1.21 bits per heavy atom. The van der Waals surface area contributed by atoms with Gasteiger partial charge in [0.05, 0.1) is 7.11 Å². The highest BCUT2D eigenvalue weighted by Gasteiger charge is 2.10. The lowest BCUT2D eigenvalue weighted by atomic mass is 10.2. The van der Waals surface area contributed by atoms with Gasteiger partial charge >= 0.3 is 0 Å². The molecule has 1 aromatic carbocycles. The number of ether oxygens (including phenoxy) is 1. The number of aromatic nitrogens is 3. The van der Waals surface area contributed by atoms with Crippen LogP contribution in [0.4, 0.5) is 5.69 Å². The first-order valence-corrected chi connectivity index (χ1v) is 5.94. The predicted molar refractivity (Wildman–Crippen MR) is 74.1 cm³/mol. The van der Waals surface area contributed by atoms with Crippen LogP contribution < -0.4 is 10.5 Å². The van der Waals surface area contributed by atoms with Gasteiger partial charge in [0, 0.05) is 17.4 Å². The van der Waals surface area contributed by atoms with Gasteiger partial charge in [-0.05, 0) is 30.7 Å². The summed E-state index contributed by atoms with van der Waals surface area (Å²) >= 11 is 0. The third kappa shape index (κ3) is 1.89. The van der Waals surface area contributed by atoms with Crippen molar-refractivity contribution < 1.29 is 4.74 Å². The molecule has 2 aromatic heterocycles. The number of fused-ring (bicyclic) bond motifs is 1. The van der Waals surface area contributed by atoms with Crippen molar-refractivity contribution in [2.45, 2.75) is 6.92 Å². The van der Waals surface area contributed by atoms with Crippen LogP contribution in [0.2, 0.25) is 0 Å². The molecule has 0 saturated carbocycles. The van der Waals surface area contributed by atoms with Crippen molar-refractivity contribution in [2.24, 2.45) is 0 Å². The molecule has 0 aliphatic carbocycles. The molecule has 0 saturated heterocycles. The molecule has 0 aliphatic heterocycles. The summed E-state index contributed by atoms with van der Waals surface area (Å²) in [5.41, 5.74) is 9.33. The molecule has 0 radical (unpaired) electrons. The number of nitrogens with two attached hydrogens (primary N) is 1. The zero-order valence-corrected chi connectivity index (χ0v) is 10.8. The average Bonchev–Trinajstić information content (AvgIpc) is 2.82. The lowest BCUT2D eigenvalue weighted by Crippen LogP contribution is -1.95. The summed E-state index contributed by atoms with van der Waals surface area (Å²) in [4.78, 5) is 0. The van der Waals surface area contributed by atoms with Crippen molar-refractivity contribution in [1.29, 1.82) is 0 Å². The minimum absolute atomic E-state index is 0.689. The second-order valence-electron chi connectivity index (χ2n) is 4.41. The normalized spacial score (nSPS) is 10.8. The van der Waals surface area contributed by atoms with E-state index < -0.39 is 0 Å². The predicted octanol–water partition coefficient (Wildman–Crippen LogP) is 2.30. The largest absolute Gasteiger partial charge is 0.497 e. The number of hydrogen-bond acceptors (Lipinski definition) is 4. The summed E-state index contributed by atoms with van der Waals surface area (Å²) in [7, 11) is 1.64. The third-order valence-electron chi connectivity index (χ3n) is 3.04. The summed E-state index contributed by atoms with van der Waals surface area (Å²) in [6.07, 6.45) is 1.83. The minimum atomic E-state index is 0.689. The molecule has 96 valence electrons. The molecule has 3 rings (SSSR count). The highest BCUT2D eigenvalue weighted by molar-refractivity contribution is 5.64. The maximum atomic E-state index is 5.89. The molecule has 19 heavy (non-hydrogen) atoms. The van der Waals surface area contributed by atoms with E-state index in [4.69, 9.17) is 10.5 Å². The van der Waals surface area contributed by atoms with Crippen LogP contribution >= 0.6 is 0 Å². The fraction of sp³-hybridized carbons (Fsp3) is 0.143. The van der Waals surface area contributed by atoms with E-state index in [2.05, 4.69) is 10.2 Å². The van der Waals surface area contributed by atoms with E-state index in [9.17, 15) is 0 Å². The molecule has 0 bridgehead atoms. The van der Waals surface area contributed by atoms with Crippen LogP contribution in [0.15, 0.2) is 36.5 Å². The number of benzene rings is 1. The van der Waals surface area contributed by atoms with Gasteiger partial charge in [-0.1, -0.05) is 12.1 Å². The van der Waals surface area contributed by atoms with E-state index >= 15 is 0 Å². The molecule has 5 nitrogen and oxygen atoms in total. The van der Waals surface area contributed by atoms with Crippen LogP contribution in [0.5, 0.6) is 5.75 Å². The summed E-state index contributed by atoms with van der Waals surface area (Å²) in [6, 6.07) is 9.60. The fourth-order valence-corrected chi connectivity index (χ4v) is 2.14. The van der Waals surface area contributed by atoms with Crippen LogP contribution in [-0.4, -0.2) is 21.7 Å². The third-order valence-corrected chi connectivity index (χ3v) is 3.04. The van der Waals surface area contributed by atoms with E-state index in [0.717, 1.165) is 28.3 Å². The second-order valence-corrected chi connectivity index (χ2v) is 4.41. The Hall–Kier alpha value is -2.56. The van der Waals surface area contributed by atoms with E-state index in [1.165, 1.54) is 0 Å². The lowest BCUT2D eigenvalue weighted by molar-refractivity contribution is 0.415. The number of hydrogen-bond donors (Lipinski definition) is 1. The topological polar surface area (TPSA) is 65.4 Å². The summed E-state index contributed by atoms with van der Waals surface area (Å²) in [6.45, 7) is 1.97. The van der Waals surface area contributed by atoms with Crippen LogP contribution in [-0.2, 0) is 0 Å². The van der Waals surface area contributed by atoms with Crippen molar-refractivity contribution in [3.8, 4) is 17.1 Å². The quantitative estimate of drug-likeness (QED) is 0.762. The van der Waals surface area contributed by atoms with Crippen molar-refractivity contribution in [2.75, 3.05) is 12.8 Å². The summed E-state index contributed by atoms with van der Waals surface area (Å²) in [5, 5.41) is 8.45. The molecular weight excluding hydrogens is 240 g/mol. The number of pyridine rings is 1. The highest BCUT2D eigenvalue weighted by Crippen LogP contribution is 2.24. The van der Waals surface area contributed by atoms with Gasteiger partial charge in [0.2, 0.25) is 0 Å². The second kappa shape index (κ2) is 4.28. The zero-order valence-electron chi connectivity index (χ0n) is 10.8. The van der Waals surface area contributed by atoms with Gasteiger partial charge in [0.25, 0.3) is 0 Å². The van der Waals surface area contributed by atoms with Crippen LogP contribution in [0.1, 0.15) is 5.56 Å². The Morgan fingerprint density at radius 3 is 2.84 bits per heavy atom. The van der Waals surface area contributed by atoms with Gasteiger partial charge in [-0.25, -0.2) is 0 Å². The van der Waals surface area contributed by atoms with E-state index in [1.54, 1.807) is 7.11 Å². The molecule has 0 fully saturated rings. The number of methoxy groups -OCH3 is 1. The van der Waals surface area contributed by atoms with Gasteiger partial charge < -0.3 is 10.5 Å². The van der Waals surface area contributed by atoms with Crippen molar-refractivity contribution >= 4 is 11.3 Å². The molecule has 3 aromatic rings. The molecule has 0 unspecified atom stereocenters. The molecule has 0 spiro atoms. The Balaban J connectivity index is 2.25. The first-order chi connectivity index (χ1) is 9.19. The molecular formula is C14H14N4O. The monoisotopic (exact) mass is 254 g/mol. The number of nitrogens with zero attached hydrogens (tertiary/aromatic N) is 3. The molecule has 0 amide bonds. The van der Waals surface area contributed by atoms with E-state index in [1.807, 2.05) is 47.9 Å². The van der Waals surface area contributed by atoms with E-state index in [0.29, 0.717) is 5.69 Å². The Morgan fingerprint density at radius 2 is 2.05 bits per heavy atom. The number of rotatable bonds is 2. The Labute approximate surface area is 110 Å². The van der Waals surface area contributed by atoms with Gasteiger partial charge in [-0.3, -0.25) is 4.40 Å². The average molecular weight is 254 g/mol. The number of nitrogen functional groups attached to an aromatic ring is 1. The highest BCUT2D eigenvalue weighted by atomic mass is 16.5. The van der Waals surface area contributed by atoms with Gasteiger partial charge in [-0.15, -0.1) is 10.2 Å². The number of aryl methyl sites for hydroxylation is 1. The van der Waals surface area contributed by atoms with Crippen LogP contribution in [0.3, 0.4) is 0 Å². The number of anilines is 1. The van der Waals surface area contributed by atoms with E-state index in [-0.39, 0.29) is 0 Å². The summed E-state index contributed by atoms with van der Waals surface area (Å²) < 4.78 is 7.13. The maximum absolute atomic E-state index is 5.89. The van der Waals surface area contributed by atoms with Crippen LogP contribution in [0, 0.1) is 6.92 Å². The minimum Gasteiger partial charge on any atom is -0.497 e. The lowest BCUT2D eigenvalue weighted by Gasteiger charge is -2.05. The van der Waals surface area contributed by atoms with Gasteiger partial charge in [0.15, 0.2) is 11.5 Å². The SMILES string of the molecule is COc1cccc(-c2nnc3c(C)cc(N)cn23)c1. The molecule has 0 atom stereocenters. The Bertz CT molecular complexity index is 748. The van der Waals surface area contributed by atoms with Crippen LogP contribution in [0.25, 0.3) is 17.0 Å². The molecule has 5 heteroatoms. The molecule has 0 aliphatic rings. The first kappa shape index (κ1) is 11.5. The smallest absolute Gasteiger partial charge is 0.168 e.